The van der Waals surface area contributed by atoms with Crippen LogP contribution in [0.4, 0.5) is 0 Å². The van der Waals surface area contributed by atoms with Crippen LogP contribution in [0.3, 0.4) is 0 Å². The molecular weight excluding hydrogens is 331 g/mol. The number of aryl methyl sites for hydroxylation is 1. The Bertz CT molecular complexity index is 472. The van der Waals surface area contributed by atoms with Crippen molar-refractivity contribution in [1.29, 1.82) is 0 Å². The maximum absolute atomic E-state index is 10.7. The molecule has 1 aromatic rings. The van der Waals surface area contributed by atoms with Crippen molar-refractivity contribution in [3.63, 3.8) is 0 Å². The van der Waals surface area contributed by atoms with E-state index in [1.54, 1.807) is 0 Å². The van der Waals surface area contributed by atoms with Crippen LogP contribution >= 0.6 is 24.8 Å². The zero-order valence-corrected chi connectivity index (χ0v) is 15.6. The summed E-state index contributed by atoms with van der Waals surface area (Å²) < 4.78 is 0. The van der Waals surface area contributed by atoms with Gasteiger partial charge in [0, 0.05) is 37.8 Å². The van der Waals surface area contributed by atoms with Gasteiger partial charge in [-0.3, -0.25) is 4.90 Å². The molecule has 5 heteroatoms. The van der Waals surface area contributed by atoms with Gasteiger partial charge in [0.2, 0.25) is 0 Å². The number of aromatic hydroxyl groups is 1. The molecule has 0 spiro atoms. The lowest BCUT2D eigenvalue weighted by molar-refractivity contribution is 0.123. The highest BCUT2D eigenvalue weighted by Crippen LogP contribution is 2.43. The van der Waals surface area contributed by atoms with Crippen LogP contribution in [0.25, 0.3) is 0 Å². The van der Waals surface area contributed by atoms with Crippen LogP contribution in [0.15, 0.2) is 18.2 Å². The van der Waals surface area contributed by atoms with E-state index in [0.29, 0.717) is 17.7 Å². The van der Waals surface area contributed by atoms with E-state index in [0.717, 1.165) is 38.2 Å². The number of benzene rings is 1. The van der Waals surface area contributed by atoms with Crippen molar-refractivity contribution < 1.29 is 5.11 Å². The minimum Gasteiger partial charge on any atom is -0.507 e. The zero-order valence-electron chi connectivity index (χ0n) is 14.0. The SMILES string of the molecule is CCc1cccc([C@@H](C2CCCC2)N2CCNCC2)c1O.Cl.Cl. The fourth-order valence-electron chi connectivity index (χ4n) is 4.12. The van der Waals surface area contributed by atoms with Crippen LogP contribution in [0.5, 0.6) is 5.75 Å². The number of piperazine rings is 1. The molecule has 0 amide bonds. The second-order valence-corrected chi connectivity index (χ2v) is 6.48. The third-order valence-corrected chi connectivity index (χ3v) is 5.24. The summed E-state index contributed by atoms with van der Waals surface area (Å²) in [6.45, 7) is 6.44. The molecule has 0 radical (unpaired) electrons. The average Bonchev–Trinajstić information content (AvgIpc) is 3.04. The molecule has 132 valence electrons. The van der Waals surface area contributed by atoms with Gasteiger partial charge >= 0.3 is 0 Å². The highest BCUT2D eigenvalue weighted by molar-refractivity contribution is 5.85. The summed E-state index contributed by atoms with van der Waals surface area (Å²) in [5.41, 5.74) is 2.26. The molecule has 0 aromatic heterocycles. The van der Waals surface area contributed by atoms with E-state index in [2.05, 4.69) is 35.3 Å². The molecule has 3 rings (SSSR count). The van der Waals surface area contributed by atoms with Crippen molar-refractivity contribution in [3.05, 3.63) is 29.3 Å². The Kier molecular flexibility index (Phi) is 8.70. The summed E-state index contributed by atoms with van der Waals surface area (Å²) in [6, 6.07) is 6.74. The second-order valence-electron chi connectivity index (χ2n) is 6.48. The van der Waals surface area contributed by atoms with Gasteiger partial charge < -0.3 is 10.4 Å². The minimum absolute atomic E-state index is 0. The fourth-order valence-corrected chi connectivity index (χ4v) is 4.12. The topological polar surface area (TPSA) is 35.5 Å². The number of hydrogen-bond acceptors (Lipinski definition) is 3. The molecule has 1 aromatic carbocycles. The summed E-state index contributed by atoms with van der Waals surface area (Å²) in [5.74, 6) is 1.26. The van der Waals surface area contributed by atoms with Gasteiger partial charge in [-0.05, 0) is 30.7 Å². The van der Waals surface area contributed by atoms with Gasteiger partial charge in [0.05, 0.1) is 0 Å². The summed E-state index contributed by atoms with van der Waals surface area (Å²) in [6.07, 6.45) is 6.22. The number of rotatable bonds is 4. The van der Waals surface area contributed by atoms with E-state index in [9.17, 15) is 5.11 Å². The molecular formula is C18H30Cl2N2O. The highest BCUT2D eigenvalue weighted by atomic mass is 35.5. The van der Waals surface area contributed by atoms with Crippen molar-refractivity contribution in [1.82, 2.24) is 10.2 Å². The number of phenolic OH excluding ortho intramolecular Hbond substituents is 1. The fraction of sp³-hybridized carbons (Fsp3) is 0.667. The van der Waals surface area contributed by atoms with Crippen molar-refractivity contribution in [3.8, 4) is 5.75 Å². The Morgan fingerprint density at radius 3 is 2.43 bits per heavy atom. The molecule has 2 fully saturated rings. The first-order valence-corrected chi connectivity index (χ1v) is 8.56. The van der Waals surface area contributed by atoms with Crippen LogP contribution in [-0.2, 0) is 6.42 Å². The molecule has 23 heavy (non-hydrogen) atoms. The minimum atomic E-state index is 0. The van der Waals surface area contributed by atoms with E-state index < -0.39 is 0 Å². The number of nitrogens with zero attached hydrogens (tertiary/aromatic N) is 1. The lowest BCUT2D eigenvalue weighted by Crippen LogP contribution is -2.46. The number of para-hydroxylation sites is 1. The molecule has 1 atom stereocenters. The van der Waals surface area contributed by atoms with Gasteiger partial charge in [-0.25, -0.2) is 0 Å². The van der Waals surface area contributed by atoms with Gasteiger partial charge in [0.1, 0.15) is 5.75 Å². The Morgan fingerprint density at radius 2 is 1.83 bits per heavy atom. The molecule has 2 N–H and O–H groups in total. The number of nitrogens with one attached hydrogen (secondary N) is 1. The van der Waals surface area contributed by atoms with Crippen molar-refractivity contribution in [2.75, 3.05) is 26.2 Å². The smallest absolute Gasteiger partial charge is 0.123 e. The Balaban J connectivity index is 0.00000132. The van der Waals surface area contributed by atoms with Gasteiger partial charge in [-0.1, -0.05) is 38.0 Å². The number of halogens is 2. The van der Waals surface area contributed by atoms with E-state index in [1.807, 2.05) is 0 Å². The van der Waals surface area contributed by atoms with Crippen molar-refractivity contribution >= 4 is 24.8 Å². The molecule has 1 aliphatic heterocycles. The average molecular weight is 361 g/mol. The monoisotopic (exact) mass is 360 g/mol. The quantitative estimate of drug-likeness (QED) is 0.853. The van der Waals surface area contributed by atoms with Crippen molar-refractivity contribution in [2.24, 2.45) is 5.92 Å². The lowest BCUT2D eigenvalue weighted by atomic mass is 9.88. The van der Waals surface area contributed by atoms with Crippen LogP contribution in [0, 0.1) is 5.92 Å². The van der Waals surface area contributed by atoms with Crippen LogP contribution < -0.4 is 5.32 Å². The summed E-state index contributed by atoms with van der Waals surface area (Å²) in [4.78, 5) is 2.60. The maximum atomic E-state index is 10.7. The zero-order chi connectivity index (χ0) is 14.7. The van der Waals surface area contributed by atoms with Crippen LogP contribution in [0.1, 0.15) is 49.8 Å². The third-order valence-electron chi connectivity index (χ3n) is 5.24. The van der Waals surface area contributed by atoms with Gasteiger partial charge in [0.25, 0.3) is 0 Å². The van der Waals surface area contributed by atoms with Crippen LogP contribution in [-0.4, -0.2) is 36.2 Å². The largest absolute Gasteiger partial charge is 0.507 e. The highest BCUT2D eigenvalue weighted by Gasteiger charge is 2.33. The number of hydrogen-bond donors (Lipinski definition) is 2. The molecule has 3 nitrogen and oxygen atoms in total. The second kappa shape index (κ2) is 9.73. The summed E-state index contributed by atoms with van der Waals surface area (Å²) in [7, 11) is 0. The standard InChI is InChI=1S/C18H28N2O.2ClH/c1-2-14-8-5-9-16(18(14)21)17(15-6-3-4-7-15)20-12-10-19-11-13-20;;/h5,8-9,15,17,19,21H,2-4,6-7,10-13H2,1H3;2*1H/t17-;;/m1../s1. The first-order valence-electron chi connectivity index (χ1n) is 8.56. The Labute approximate surface area is 152 Å². The van der Waals surface area contributed by atoms with Crippen LogP contribution in [0.2, 0.25) is 0 Å². The molecule has 1 saturated heterocycles. The Hall–Kier alpha value is -0.480. The first-order chi connectivity index (χ1) is 10.3. The van der Waals surface area contributed by atoms with E-state index in [-0.39, 0.29) is 24.8 Å². The molecule has 1 aliphatic carbocycles. The molecule has 1 saturated carbocycles. The first kappa shape index (κ1) is 20.6. The predicted octanol–water partition coefficient (Wildman–Crippen LogP) is 3.93. The van der Waals surface area contributed by atoms with Gasteiger partial charge in [-0.15, -0.1) is 24.8 Å². The van der Waals surface area contributed by atoms with E-state index in [4.69, 9.17) is 0 Å². The van der Waals surface area contributed by atoms with E-state index >= 15 is 0 Å². The Morgan fingerprint density at radius 1 is 1.17 bits per heavy atom. The summed E-state index contributed by atoms with van der Waals surface area (Å²) in [5, 5.41) is 14.2. The van der Waals surface area contributed by atoms with Gasteiger partial charge in [0.15, 0.2) is 0 Å². The maximum Gasteiger partial charge on any atom is 0.123 e. The summed E-state index contributed by atoms with van der Waals surface area (Å²) >= 11 is 0. The number of phenols is 1. The van der Waals surface area contributed by atoms with E-state index in [1.165, 1.54) is 31.2 Å². The normalized spacial score (nSPS) is 20.6. The molecule has 0 bridgehead atoms. The van der Waals surface area contributed by atoms with Gasteiger partial charge in [-0.2, -0.15) is 0 Å². The molecule has 0 unspecified atom stereocenters. The van der Waals surface area contributed by atoms with Crippen molar-refractivity contribution in [2.45, 2.75) is 45.1 Å². The molecule has 1 heterocycles. The predicted molar refractivity (Wildman–Crippen MR) is 101 cm³/mol. The molecule has 2 aliphatic rings. The third kappa shape index (κ3) is 4.54. The lowest BCUT2D eigenvalue weighted by Gasteiger charge is -2.39.